The molecule has 1 aliphatic heterocycles. The van der Waals surface area contributed by atoms with Crippen molar-refractivity contribution in [3.05, 3.63) is 42.0 Å². The molecular formula is C13H16N4O2S. The van der Waals surface area contributed by atoms with Crippen LogP contribution in [0, 0.1) is 6.92 Å². The number of hydrogen-bond donors (Lipinski definition) is 1. The maximum Gasteiger partial charge on any atom is 0.243 e. The minimum atomic E-state index is -3.41. The number of nitrogens with zero attached hydrogens (tertiary/aromatic N) is 3. The molecule has 1 N–H and O–H groups in total. The first-order chi connectivity index (χ1) is 9.57. The molecule has 0 bridgehead atoms. The average molecular weight is 292 g/mol. The Bertz CT molecular complexity index is 697. The Labute approximate surface area is 117 Å². The van der Waals surface area contributed by atoms with Crippen LogP contribution in [-0.2, 0) is 10.0 Å². The minimum absolute atomic E-state index is 0.0945. The quantitative estimate of drug-likeness (QED) is 0.924. The number of sulfonamides is 1. The average Bonchev–Trinajstić information content (AvgIpc) is 3.10. The van der Waals surface area contributed by atoms with E-state index in [1.165, 1.54) is 10.6 Å². The van der Waals surface area contributed by atoms with E-state index >= 15 is 0 Å². The SMILES string of the molecule is Cc1cccc(S(=O)(=O)N2CCC(c3ncn[nH]3)C2)c1. The van der Waals surface area contributed by atoms with Crippen LogP contribution in [0.5, 0.6) is 0 Å². The molecule has 1 unspecified atom stereocenters. The van der Waals surface area contributed by atoms with E-state index in [1.54, 1.807) is 18.2 Å². The predicted octanol–water partition coefficient (Wildman–Crippen LogP) is 1.29. The molecule has 0 radical (unpaired) electrons. The topological polar surface area (TPSA) is 79.0 Å². The summed E-state index contributed by atoms with van der Waals surface area (Å²) in [5.74, 6) is 0.851. The Hall–Kier alpha value is -1.73. The van der Waals surface area contributed by atoms with Gasteiger partial charge in [0.1, 0.15) is 12.2 Å². The first-order valence-electron chi connectivity index (χ1n) is 6.49. The highest BCUT2D eigenvalue weighted by atomic mass is 32.2. The third-order valence-corrected chi connectivity index (χ3v) is 5.46. The number of H-pyrrole nitrogens is 1. The first kappa shape index (κ1) is 13.3. The van der Waals surface area contributed by atoms with Crippen molar-refractivity contribution in [2.45, 2.75) is 24.2 Å². The normalized spacial score (nSPS) is 20.4. The van der Waals surface area contributed by atoms with Crippen molar-refractivity contribution >= 4 is 10.0 Å². The highest BCUT2D eigenvalue weighted by Crippen LogP contribution is 2.29. The Morgan fingerprint density at radius 2 is 2.25 bits per heavy atom. The van der Waals surface area contributed by atoms with Crippen molar-refractivity contribution in [3.63, 3.8) is 0 Å². The van der Waals surface area contributed by atoms with Gasteiger partial charge in [0.2, 0.25) is 10.0 Å². The summed E-state index contributed by atoms with van der Waals surface area (Å²) in [6.45, 7) is 2.85. The van der Waals surface area contributed by atoms with Crippen LogP contribution in [0.15, 0.2) is 35.5 Å². The summed E-state index contributed by atoms with van der Waals surface area (Å²) in [4.78, 5) is 4.47. The second kappa shape index (κ2) is 4.99. The maximum absolute atomic E-state index is 12.6. The van der Waals surface area contributed by atoms with E-state index < -0.39 is 10.0 Å². The van der Waals surface area contributed by atoms with Crippen molar-refractivity contribution in [3.8, 4) is 0 Å². The summed E-state index contributed by atoms with van der Waals surface area (Å²) < 4.78 is 26.7. The molecule has 1 saturated heterocycles. The van der Waals surface area contributed by atoms with Crippen molar-refractivity contribution in [2.24, 2.45) is 0 Å². The molecule has 0 amide bonds. The molecule has 106 valence electrons. The Morgan fingerprint density at radius 1 is 1.40 bits per heavy atom. The number of aromatic amines is 1. The fraction of sp³-hybridized carbons (Fsp3) is 0.385. The zero-order chi connectivity index (χ0) is 14.2. The number of aryl methyl sites for hydroxylation is 1. The maximum atomic E-state index is 12.6. The lowest BCUT2D eigenvalue weighted by molar-refractivity contribution is 0.471. The lowest BCUT2D eigenvalue weighted by Gasteiger charge is -2.16. The third-order valence-electron chi connectivity index (χ3n) is 3.60. The summed E-state index contributed by atoms with van der Waals surface area (Å²) in [6.07, 6.45) is 2.22. The molecule has 1 fully saturated rings. The molecule has 1 aromatic heterocycles. The number of rotatable bonds is 3. The molecule has 2 heterocycles. The third kappa shape index (κ3) is 2.34. The first-order valence-corrected chi connectivity index (χ1v) is 7.93. The Kier molecular flexibility index (Phi) is 3.31. The van der Waals surface area contributed by atoms with Gasteiger partial charge in [-0.25, -0.2) is 13.4 Å². The molecule has 0 saturated carbocycles. The van der Waals surface area contributed by atoms with Gasteiger partial charge in [-0.15, -0.1) is 0 Å². The van der Waals surface area contributed by atoms with Crippen LogP contribution >= 0.6 is 0 Å². The van der Waals surface area contributed by atoms with E-state index in [0.29, 0.717) is 18.0 Å². The second-order valence-electron chi connectivity index (χ2n) is 5.04. The number of aromatic nitrogens is 3. The number of nitrogens with one attached hydrogen (secondary N) is 1. The van der Waals surface area contributed by atoms with Gasteiger partial charge in [0.15, 0.2) is 0 Å². The molecule has 7 heteroatoms. The lowest BCUT2D eigenvalue weighted by Crippen LogP contribution is -2.28. The van der Waals surface area contributed by atoms with Gasteiger partial charge in [-0.1, -0.05) is 12.1 Å². The van der Waals surface area contributed by atoms with Crippen LogP contribution in [-0.4, -0.2) is 41.0 Å². The summed E-state index contributed by atoms with van der Waals surface area (Å²) in [7, 11) is -3.41. The molecule has 0 spiro atoms. The molecule has 3 rings (SSSR count). The molecule has 1 aliphatic rings. The van der Waals surface area contributed by atoms with Crippen molar-refractivity contribution in [1.82, 2.24) is 19.5 Å². The number of hydrogen-bond acceptors (Lipinski definition) is 4. The van der Waals surface area contributed by atoms with Crippen LogP contribution in [0.3, 0.4) is 0 Å². The smallest absolute Gasteiger partial charge is 0.243 e. The van der Waals surface area contributed by atoms with Crippen LogP contribution in [0.25, 0.3) is 0 Å². The van der Waals surface area contributed by atoms with E-state index in [-0.39, 0.29) is 5.92 Å². The summed E-state index contributed by atoms with van der Waals surface area (Å²) in [5, 5.41) is 6.64. The van der Waals surface area contributed by atoms with Crippen LogP contribution in [0.2, 0.25) is 0 Å². The second-order valence-corrected chi connectivity index (χ2v) is 6.97. The van der Waals surface area contributed by atoms with Crippen molar-refractivity contribution in [1.29, 1.82) is 0 Å². The van der Waals surface area contributed by atoms with E-state index in [1.807, 2.05) is 13.0 Å². The van der Waals surface area contributed by atoms with Gasteiger partial charge in [0.05, 0.1) is 4.90 Å². The monoisotopic (exact) mass is 292 g/mol. The van der Waals surface area contributed by atoms with Gasteiger partial charge >= 0.3 is 0 Å². The summed E-state index contributed by atoms with van der Waals surface area (Å²) in [5.41, 5.74) is 0.942. The standard InChI is InChI=1S/C13H16N4O2S/c1-10-3-2-4-12(7-10)20(18,19)17-6-5-11(8-17)13-14-9-15-16-13/h2-4,7,9,11H,5-6,8H2,1H3,(H,14,15,16). The molecule has 0 aliphatic carbocycles. The van der Waals surface area contributed by atoms with E-state index in [9.17, 15) is 8.42 Å². The van der Waals surface area contributed by atoms with E-state index in [4.69, 9.17) is 0 Å². The molecule has 1 aromatic carbocycles. The van der Waals surface area contributed by atoms with E-state index in [0.717, 1.165) is 17.8 Å². The van der Waals surface area contributed by atoms with E-state index in [2.05, 4.69) is 15.2 Å². The molecule has 2 aromatic rings. The van der Waals surface area contributed by atoms with Gasteiger partial charge in [-0.3, -0.25) is 5.10 Å². The number of benzene rings is 1. The highest BCUT2D eigenvalue weighted by molar-refractivity contribution is 7.89. The molecular weight excluding hydrogens is 276 g/mol. The van der Waals surface area contributed by atoms with Gasteiger partial charge in [-0.2, -0.15) is 9.40 Å². The zero-order valence-corrected chi connectivity index (χ0v) is 12.0. The highest BCUT2D eigenvalue weighted by Gasteiger charge is 2.34. The summed E-state index contributed by atoms with van der Waals surface area (Å²) >= 11 is 0. The minimum Gasteiger partial charge on any atom is -0.263 e. The van der Waals surface area contributed by atoms with Gasteiger partial charge in [0.25, 0.3) is 0 Å². The Morgan fingerprint density at radius 3 is 2.95 bits per heavy atom. The zero-order valence-electron chi connectivity index (χ0n) is 11.2. The fourth-order valence-electron chi connectivity index (χ4n) is 2.51. The molecule has 6 nitrogen and oxygen atoms in total. The predicted molar refractivity (Wildman–Crippen MR) is 73.7 cm³/mol. The van der Waals surface area contributed by atoms with Crippen LogP contribution < -0.4 is 0 Å². The Balaban J connectivity index is 1.83. The van der Waals surface area contributed by atoms with Crippen molar-refractivity contribution in [2.75, 3.05) is 13.1 Å². The van der Waals surface area contributed by atoms with Crippen molar-refractivity contribution < 1.29 is 8.42 Å². The summed E-state index contributed by atoms with van der Waals surface area (Å²) in [6, 6.07) is 7.01. The largest absolute Gasteiger partial charge is 0.263 e. The van der Waals surface area contributed by atoms with Gasteiger partial charge in [0, 0.05) is 19.0 Å². The fourth-order valence-corrected chi connectivity index (χ4v) is 4.11. The molecule has 20 heavy (non-hydrogen) atoms. The molecule has 1 atom stereocenters. The van der Waals surface area contributed by atoms with Crippen LogP contribution in [0.4, 0.5) is 0 Å². The van der Waals surface area contributed by atoms with Gasteiger partial charge < -0.3 is 0 Å². The lowest BCUT2D eigenvalue weighted by atomic mass is 10.1. The van der Waals surface area contributed by atoms with Gasteiger partial charge in [-0.05, 0) is 31.0 Å². The van der Waals surface area contributed by atoms with Crippen LogP contribution in [0.1, 0.15) is 23.7 Å².